The molecule has 101 heavy (non-hydrogen) atoms. The van der Waals surface area contributed by atoms with Gasteiger partial charge in [0.15, 0.2) is 19.7 Å². The molecule has 0 atom stereocenters. The molecule has 0 bridgehead atoms. The summed E-state index contributed by atoms with van der Waals surface area (Å²) in [7, 11) is -8.66. The first-order valence-electron chi connectivity index (χ1n) is 36.7. The maximum absolute atomic E-state index is 11.1. The molecule has 614 valence electrons. The number of amides is 5. The molecule has 6 N–H and O–H groups in total. The van der Waals surface area contributed by atoms with Crippen LogP contribution in [0.15, 0.2) is 0 Å². The van der Waals surface area contributed by atoms with Crippen LogP contribution in [0.2, 0.25) is 0 Å². The average molecular weight is 1520 g/mol. The lowest BCUT2D eigenvalue weighted by Gasteiger charge is -2.11. The Balaban J connectivity index is -0.0000000981. The minimum Gasteiger partial charge on any atom is -0.463 e. The zero-order chi connectivity index (χ0) is 83.7. The fourth-order valence-electron chi connectivity index (χ4n) is 5.87. The second-order valence-corrected chi connectivity index (χ2v) is 38.8. The van der Waals surface area contributed by atoms with Crippen LogP contribution in [-0.2, 0) is 67.8 Å². The first-order valence-corrected chi connectivity index (χ1v) is 41.5. The Labute approximate surface area is 623 Å². The Morgan fingerprint density at radius 3 is 0.713 bits per heavy atom. The third kappa shape index (κ3) is 105. The van der Waals surface area contributed by atoms with Crippen LogP contribution in [0, 0.1) is 41.4 Å². The highest BCUT2D eigenvalue weighted by Gasteiger charge is 2.21. The maximum atomic E-state index is 11.1. The molecule has 0 aliphatic carbocycles. The van der Waals surface area contributed by atoms with E-state index >= 15 is 0 Å². The summed E-state index contributed by atoms with van der Waals surface area (Å²) in [5.74, 6) is 2.53. The summed E-state index contributed by atoms with van der Waals surface area (Å²) in [4.78, 5) is 75.7. The molecule has 0 rings (SSSR count). The molecule has 0 aliphatic heterocycles. The quantitative estimate of drug-likeness (QED) is 0.0365. The lowest BCUT2D eigenvalue weighted by molar-refractivity contribution is -0.151. The number of carbonyl (C=O) groups is 7. The number of alkyl carbamates (subject to hydrolysis) is 2. The first-order chi connectivity index (χ1) is 45.0. The molecule has 0 fully saturated rings. The van der Waals surface area contributed by atoms with Gasteiger partial charge in [-0.05, 0) is 220 Å². The van der Waals surface area contributed by atoms with E-state index in [1.54, 1.807) is 69.2 Å². The van der Waals surface area contributed by atoms with Crippen LogP contribution >= 0.6 is 0 Å². The summed E-state index contributed by atoms with van der Waals surface area (Å²) in [5, 5.41) is 12.4. The van der Waals surface area contributed by atoms with Crippen LogP contribution in [0.1, 0.15) is 311 Å². The number of ketones is 2. The van der Waals surface area contributed by atoms with Crippen LogP contribution in [0.5, 0.6) is 0 Å². The first kappa shape index (κ1) is 121. The molecular weight excluding hydrogens is 1350 g/mol. The van der Waals surface area contributed by atoms with Crippen LogP contribution in [0.3, 0.4) is 0 Å². The number of sulfonamides is 1. The van der Waals surface area contributed by atoms with Gasteiger partial charge < -0.3 is 45.5 Å². The Morgan fingerprint density at radius 1 is 0.307 bits per heavy atom. The monoisotopic (exact) mass is 1520 g/mol. The zero-order valence-corrected chi connectivity index (χ0v) is 75.2. The van der Waals surface area contributed by atoms with Crippen molar-refractivity contribution < 1.29 is 77.8 Å². The number of esters is 1. The molecule has 0 saturated carbocycles. The molecule has 0 saturated heterocycles. The van der Waals surface area contributed by atoms with Gasteiger partial charge in [0.25, 0.3) is 0 Å². The van der Waals surface area contributed by atoms with E-state index in [-0.39, 0.29) is 141 Å². The topological polar surface area (TPSA) is 331 Å². The third-order valence-electron chi connectivity index (χ3n) is 10.7. The highest BCUT2D eigenvalue weighted by molar-refractivity contribution is 7.92. The van der Waals surface area contributed by atoms with Crippen LogP contribution < -0.4 is 31.3 Å². The standard InChI is InChI=1S/C8H16O.C7H16N2O.2C7H15NO2.C7H15NO.C7H16O2S.C7H14O2.C7H14O.C6H15NO2S.C6H14O2S.C6H14O/c1-6(2)5-8(9)7(3)4;1-5(2)8-7(10)9-6(3)4;2*1-5(2)8-7(9)10-6(3)4;1-5(2)7(9)8-6(3)4;1-6(2)5-10(8,9)7(3)4;1-5(2)7(8)9-6(3)4;1-5(2)7(8)6(3)4;1-5(2)7-10(8,9)6(3)4;1-5(2)9(7,8)6(3)4;1-5(2)7-6(3)4/h6-7H,5H2,1-4H3;5-6H,1-4H3,(H2,8,9,10);2*5-6H,1-4H3,(H,8,9);5-6H,1-4H3,(H,8,9);6-7H,5H2,1-4H3;5-6H,1-4H3;5-6H,1-4H3;5-7H,1-4H3;5-6H,1-4H3;5-6H,1-4H3. The van der Waals surface area contributed by atoms with Crippen molar-refractivity contribution >= 4 is 71.4 Å². The van der Waals surface area contributed by atoms with E-state index in [1.165, 1.54) is 0 Å². The minimum absolute atomic E-state index is 0.00704. The summed E-state index contributed by atoms with van der Waals surface area (Å²) in [6, 6.07) is 0.868. The lowest BCUT2D eigenvalue weighted by Crippen LogP contribution is -2.42. The molecule has 23 nitrogen and oxygen atoms in total. The summed E-state index contributed by atoms with van der Waals surface area (Å²) in [6.07, 6.45) is 0.727. The molecule has 0 unspecified atom stereocenters. The molecule has 5 amide bonds. The van der Waals surface area contributed by atoms with E-state index in [0.29, 0.717) is 35.4 Å². The number of hydrogen-bond donors (Lipinski definition) is 6. The Hall–Kier alpha value is -4.14. The van der Waals surface area contributed by atoms with Gasteiger partial charge in [-0.3, -0.25) is 19.2 Å². The molecule has 0 radical (unpaired) electrons. The van der Waals surface area contributed by atoms with Gasteiger partial charge in [0, 0.05) is 66.3 Å². The van der Waals surface area contributed by atoms with Gasteiger partial charge >= 0.3 is 24.2 Å². The summed E-state index contributed by atoms with van der Waals surface area (Å²) < 4.78 is 88.6. The van der Waals surface area contributed by atoms with Gasteiger partial charge in [0.05, 0.1) is 63.2 Å². The van der Waals surface area contributed by atoms with Gasteiger partial charge in [0.1, 0.15) is 11.6 Å². The molecule has 26 heteroatoms. The number of rotatable bonds is 25. The van der Waals surface area contributed by atoms with Gasteiger partial charge in [-0.15, -0.1) is 0 Å². The predicted molar refractivity (Wildman–Crippen MR) is 427 cm³/mol. The van der Waals surface area contributed by atoms with Crippen molar-refractivity contribution in [2.45, 2.75) is 399 Å². The SMILES string of the molecule is CC(C)C(=O)C(C)C.CC(C)CC(=O)C(C)C.CC(C)CS(=O)(=O)C(C)C.CC(C)NC(=O)C(C)C.CC(C)NC(=O)NC(C)C.CC(C)NC(=O)OC(C)C.CC(C)NC(=O)OC(C)C.CC(C)NS(=O)(=O)C(C)C.CC(C)OC(=O)C(C)C.CC(C)OC(C)C.CC(C)S(=O)(=O)C(C)C. The molecule has 0 aromatic heterocycles. The van der Waals surface area contributed by atoms with E-state index in [4.69, 9.17) is 18.9 Å². The Bertz CT molecular complexity index is 2160. The van der Waals surface area contributed by atoms with E-state index in [2.05, 4.69) is 45.2 Å². The summed E-state index contributed by atoms with van der Waals surface area (Å²) >= 11 is 0. The number of sulfone groups is 2. The minimum atomic E-state index is -3.05. The fourth-order valence-corrected chi connectivity index (χ4v) is 9.20. The van der Waals surface area contributed by atoms with Crippen molar-refractivity contribution in [3.63, 3.8) is 0 Å². The van der Waals surface area contributed by atoms with Crippen molar-refractivity contribution in [3.05, 3.63) is 0 Å². The van der Waals surface area contributed by atoms with Gasteiger partial charge in [-0.2, -0.15) is 0 Å². The van der Waals surface area contributed by atoms with Crippen molar-refractivity contribution in [2.75, 3.05) is 5.75 Å². The molecular formula is C75H164N6O17S3. The smallest absolute Gasteiger partial charge is 0.407 e. The molecule has 0 aliphatic rings. The van der Waals surface area contributed by atoms with Gasteiger partial charge in [-0.1, -0.05) is 96.9 Å². The van der Waals surface area contributed by atoms with Crippen LogP contribution in [0.4, 0.5) is 14.4 Å². The molecule has 0 aromatic carbocycles. The van der Waals surface area contributed by atoms with Crippen molar-refractivity contribution in [1.82, 2.24) is 31.3 Å². The van der Waals surface area contributed by atoms with Crippen molar-refractivity contribution in [3.8, 4) is 0 Å². The second-order valence-electron chi connectivity index (χ2n) is 30.9. The lowest BCUT2D eigenvalue weighted by atomic mass is 9.99. The van der Waals surface area contributed by atoms with Gasteiger partial charge in [0.2, 0.25) is 15.9 Å². The van der Waals surface area contributed by atoms with Crippen LogP contribution in [0.25, 0.3) is 0 Å². The second kappa shape index (κ2) is 67.7. The number of hydrogen-bond acceptors (Lipinski definition) is 17. The fraction of sp³-hybridized carbons (Fsp3) is 0.907. The van der Waals surface area contributed by atoms with E-state index < -0.39 is 29.7 Å². The third-order valence-corrected chi connectivity index (χ3v) is 17.9. The van der Waals surface area contributed by atoms with E-state index in [0.717, 1.165) is 6.42 Å². The molecule has 0 heterocycles. The number of carbonyl (C=O) groups excluding carboxylic acids is 7. The highest BCUT2D eigenvalue weighted by atomic mass is 32.2. The maximum Gasteiger partial charge on any atom is 0.407 e. The normalized spacial score (nSPS) is 11.2. The Morgan fingerprint density at radius 2 is 0.614 bits per heavy atom. The number of Topliss-reactive ketones (excluding diaryl/α,β-unsaturated/α-hetero) is 2. The van der Waals surface area contributed by atoms with E-state index in [1.807, 2.05) is 222 Å². The zero-order valence-electron chi connectivity index (χ0n) is 72.8. The van der Waals surface area contributed by atoms with E-state index in [9.17, 15) is 58.8 Å². The van der Waals surface area contributed by atoms with Gasteiger partial charge in [-0.25, -0.2) is 44.4 Å². The van der Waals surface area contributed by atoms with Crippen molar-refractivity contribution in [1.29, 1.82) is 0 Å². The number of ether oxygens (including phenoxy) is 4. The largest absolute Gasteiger partial charge is 0.463 e. The number of nitrogens with one attached hydrogen (secondary N) is 6. The Kier molecular flexibility index (Phi) is 81.0. The number of urea groups is 1. The van der Waals surface area contributed by atoms with Crippen LogP contribution in [-0.4, -0.2) is 160 Å². The summed E-state index contributed by atoms with van der Waals surface area (Å²) in [6.45, 7) is 82.5. The average Bonchev–Trinajstić information content (AvgIpc) is 0.898. The highest BCUT2D eigenvalue weighted by Crippen LogP contribution is 2.09. The van der Waals surface area contributed by atoms with Crippen molar-refractivity contribution in [2.24, 2.45) is 41.4 Å². The molecule has 0 aromatic rings. The summed E-state index contributed by atoms with van der Waals surface area (Å²) in [5.41, 5.74) is 0. The molecule has 0 spiro atoms. The predicted octanol–water partition coefficient (Wildman–Crippen LogP) is 16.3.